The molecule has 3 atom stereocenters. The van der Waals surface area contributed by atoms with Crippen molar-refractivity contribution in [3.8, 4) is 6.01 Å². The summed E-state index contributed by atoms with van der Waals surface area (Å²) in [4.78, 5) is 51.6. The summed E-state index contributed by atoms with van der Waals surface area (Å²) in [6, 6.07) is 1.86. The zero-order valence-corrected chi connectivity index (χ0v) is 33.9. The molecule has 290 valence electrons. The minimum Gasteiger partial charge on any atom is -0.480 e. The number of ether oxygens (including phenoxy) is 2. The van der Waals surface area contributed by atoms with Crippen molar-refractivity contribution in [1.29, 1.82) is 0 Å². The van der Waals surface area contributed by atoms with Gasteiger partial charge in [0.2, 0.25) is 5.91 Å². The van der Waals surface area contributed by atoms with Crippen molar-refractivity contribution in [2.75, 3.05) is 51.3 Å². The van der Waals surface area contributed by atoms with Gasteiger partial charge in [-0.2, -0.15) is 9.97 Å². The van der Waals surface area contributed by atoms with Gasteiger partial charge in [0.15, 0.2) is 5.82 Å². The van der Waals surface area contributed by atoms with Gasteiger partial charge < -0.3 is 29.3 Å². The third kappa shape index (κ3) is 11.0. The molecule has 1 aromatic heterocycles. The topological polar surface area (TPSA) is 129 Å². The van der Waals surface area contributed by atoms with Gasteiger partial charge in [-0.05, 0) is 113 Å². The zero-order valence-electron chi connectivity index (χ0n) is 31.6. The standard InChI is InChI=1S/C20H23BrClFN4O3.C13H22N2O3.C4H10/c1-20(2,3)30-19(28)27-10-5-6-11(27)9-26(8-10)17-12-7-13(22)14(21)15(23)16(12)24-18(25-17)29-4;16-12-6-5-11(15(12)10-13(17)18)4-3-9-14-7-1-2-8-14;1-4(2)3/h7,10-11H,5-6,8-9H2,1-4H3;11H,1-10H2,(H,17,18);4H,1-3H3. The fourth-order valence-corrected chi connectivity index (χ4v) is 7.67. The molecular formula is C37H55BrClFN6O6. The maximum atomic E-state index is 14.8. The Hall–Kier alpha value is -2.97. The first-order valence-electron chi connectivity index (χ1n) is 18.4. The number of carbonyl (C=O) groups excluding carboxylic acids is 2. The lowest BCUT2D eigenvalue weighted by molar-refractivity contribution is -0.143. The van der Waals surface area contributed by atoms with E-state index >= 15 is 0 Å². The molecule has 5 heterocycles. The number of piperazine rings is 1. The summed E-state index contributed by atoms with van der Waals surface area (Å²) in [6.45, 7) is 16.5. The molecule has 4 aliphatic heterocycles. The van der Waals surface area contributed by atoms with E-state index in [4.69, 9.17) is 26.2 Å². The van der Waals surface area contributed by atoms with Crippen LogP contribution in [0.3, 0.4) is 0 Å². The van der Waals surface area contributed by atoms with E-state index in [0.29, 0.717) is 30.7 Å². The molecule has 1 N–H and O–H groups in total. The highest BCUT2D eigenvalue weighted by molar-refractivity contribution is 9.10. The number of amides is 2. The molecule has 2 bridgehead atoms. The van der Waals surface area contributed by atoms with Gasteiger partial charge >= 0.3 is 18.1 Å². The van der Waals surface area contributed by atoms with Gasteiger partial charge in [0.05, 0.1) is 28.7 Å². The van der Waals surface area contributed by atoms with E-state index in [1.807, 2.05) is 25.7 Å². The van der Waals surface area contributed by atoms with Gasteiger partial charge in [0.1, 0.15) is 23.5 Å². The van der Waals surface area contributed by atoms with Crippen molar-refractivity contribution in [1.82, 2.24) is 24.7 Å². The Morgan fingerprint density at radius 1 is 1.10 bits per heavy atom. The van der Waals surface area contributed by atoms with Crippen molar-refractivity contribution in [2.24, 2.45) is 5.92 Å². The fraction of sp³-hybridized carbons (Fsp3) is 0.703. The normalized spacial score (nSPS) is 21.6. The number of carbonyl (C=O) groups is 3. The van der Waals surface area contributed by atoms with Gasteiger partial charge in [-0.25, -0.2) is 9.18 Å². The summed E-state index contributed by atoms with van der Waals surface area (Å²) in [5.41, 5.74) is -0.416. The predicted octanol–water partition coefficient (Wildman–Crippen LogP) is 7.38. The van der Waals surface area contributed by atoms with Crippen LogP contribution in [-0.4, -0.2) is 118 Å². The Bertz CT molecular complexity index is 1550. The maximum absolute atomic E-state index is 14.8. The van der Waals surface area contributed by atoms with Crippen molar-refractivity contribution in [2.45, 2.75) is 117 Å². The number of fused-ring (bicyclic) bond motifs is 3. The van der Waals surface area contributed by atoms with E-state index in [1.165, 1.54) is 33.0 Å². The molecule has 4 saturated heterocycles. The lowest BCUT2D eigenvalue weighted by Gasteiger charge is -2.42. The molecule has 1 aromatic carbocycles. The molecule has 0 spiro atoms. The highest BCUT2D eigenvalue weighted by Crippen LogP contribution is 2.39. The van der Waals surface area contributed by atoms with Crippen LogP contribution >= 0.6 is 27.5 Å². The lowest BCUT2D eigenvalue weighted by atomic mass is 10.1. The number of benzene rings is 1. The number of hydrogen-bond acceptors (Lipinski definition) is 9. The van der Waals surface area contributed by atoms with Crippen LogP contribution in [0.5, 0.6) is 6.01 Å². The van der Waals surface area contributed by atoms with Crippen LogP contribution in [0.15, 0.2) is 10.5 Å². The zero-order chi connectivity index (χ0) is 38.3. The van der Waals surface area contributed by atoms with Crippen LogP contribution in [0.1, 0.15) is 92.9 Å². The number of hydrogen-bond donors (Lipinski definition) is 1. The second kappa shape index (κ2) is 18.4. The maximum Gasteiger partial charge on any atom is 0.410 e. The molecule has 0 saturated carbocycles. The quantitative estimate of drug-likeness (QED) is 0.270. The van der Waals surface area contributed by atoms with Crippen molar-refractivity contribution < 1.29 is 33.4 Å². The third-order valence-electron chi connectivity index (χ3n) is 9.32. The second-order valence-electron chi connectivity index (χ2n) is 15.6. The first-order chi connectivity index (χ1) is 24.5. The van der Waals surface area contributed by atoms with Crippen molar-refractivity contribution in [3.63, 3.8) is 0 Å². The van der Waals surface area contributed by atoms with Crippen molar-refractivity contribution in [3.05, 3.63) is 21.4 Å². The van der Waals surface area contributed by atoms with Crippen molar-refractivity contribution >= 4 is 62.2 Å². The number of rotatable bonds is 8. The van der Waals surface area contributed by atoms with Gasteiger partial charge in [-0.3, -0.25) is 14.5 Å². The van der Waals surface area contributed by atoms with E-state index in [-0.39, 0.29) is 57.7 Å². The molecule has 2 amide bonds. The number of likely N-dealkylation sites (tertiary alicyclic amines) is 2. The van der Waals surface area contributed by atoms with E-state index in [2.05, 4.69) is 56.5 Å². The largest absolute Gasteiger partial charge is 0.480 e. The van der Waals surface area contributed by atoms with Crippen LogP contribution in [0.2, 0.25) is 5.02 Å². The Kier molecular flexibility index (Phi) is 14.8. The summed E-state index contributed by atoms with van der Waals surface area (Å²) in [5.74, 6) is -0.0842. The molecule has 4 fully saturated rings. The molecule has 2 aromatic rings. The molecule has 12 nitrogen and oxygen atoms in total. The molecule has 52 heavy (non-hydrogen) atoms. The summed E-state index contributed by atoms with van der Waals surface area (Å²) >= 11 is 9.38. The molecule has 6 rings (SSSR count). The molecule has 0 radical (unpaired) electrons. The molecule has 4 aliphatic rings. The highest BCUT2D eigenvalue weighted by Gasteiger charge is 2.45. The number of carboxylic acids is 1. The van der Waals surface area contributed by atoms with Gasteiger partial charge in [0.25, 0.3) is 0 Å². The number of aliphatic carboxylic acids is 1. The minimum absolute atomic E-state index is 0.00331. The highest BCUT2D eigenvalue weighted by atomic mass is 79.9. The number of nitrogens with zero attached hydrogens (tertiary/aromatic N) is 6. The smallest absolute Gasteiger partial charge is 0.410 e. The molecular weight excluding hydrogens is 759 g/mol. The molecule has 15 heteroatoms. The van der Waals surface area contributed by atoms with Gasteiger partial charge in [-0.15, -0.1) is 0 Å². The fourth-order valence-electron chi connectivity index (χ4n) is 7.17. The Morgan fingerprint density at radius 2 is 1.71 bits per heavy atom. The SMILES string of the molecule is CC(C)C.COc1nc(N2CC3CCC(C2)N3C(=O)OC(C)(C)C)c2cc(Cl)c(Br)c(F)c2n1.O=C(O)CN1C(=O)CCC1CCCN1CCCC1. The van der Waals surface area contributed by atoms with E-state index < -0.39 is 17.4 Å². The third-order valence-corrected chi connectivity index (χ3v) is 10.6. The van der Waals surface area contributed by atoms with Crippen LogP contribution in [0.25, 0.3) is 10.9 Å². The summed E-state index contributed by atoms with van der Waals surface area (Å²) in [6.07, 6.45) is 7.40. The minimum atomic E-state index is -0.908. The lowest BCUT2D eigenvalue weighted by Crippen LogP contribution is -2.57. The number of anilines is 1. The van der Waals surface area contributed by atoms with Crippen LogP contribution in [0, 0.1) is 11.7 Å². The average molecular weight is 814 g/mol. The number of carboxylic acid groups (broad SMARTS) is 1. The number of aromatic nitrogens is 2. The molecule has 3 unspecified atom stereocenters. The van der Waals surface area contributed by atoms with Gasteiger partial charge in [0, 0.05) is 30.9 Å². The van der Waals surface area contributed by atoms with Crippen LogP contribution in [0.4, 0.5) is 15.0 Å². The van der Waals surface area contributed by atoms with Crippen LogP contribution < -0.4 is 9.64 Å². The first-order valence-corrected chi connectivity index (χ1v) is 19.5. The number of methoxy groups -OCH3 is 1. The van der Waals surface area contributed by atoms with E-state index in [9.17, 15) is 18.8 Å². The monoisotopic (exact) mass is 812 g/mol. The first kappa shape index (κ1) is 41.8. The second-order valence-corrected chi connectivity index (χ2v) is 16.8. The summed E-state index contributed by atoms with van der Waals surface area (Å²) < 4.78 is 25.8. The summed E-state index contributed by atoms with van der Waals surface area (Å²) in [5, 5.41) is 9.55. The summed E-state index contributed by atoms with van der Waals surface area (Å²) in [7, 11) is 1.44. The van der Waals surface area contributed by atoms with Crippen LogP contribution in [-0.2, 0) is 14.3 Å². The van der Waals surface area contributed by atoms with E-state index in [0.717, 1.165) is 44.6 Å². The molecule has 0 aliphatic carbocycles. The van der Waals surface area contributed by atoms with Gasteiger partial charge in [-0.1, -0.05) is 32.4 Å². The average Bonchev–Trinajstić information content (AvgIpc) is 3.77. The Labute approximate surface area is 320 Å². The Balaban J connectivity index is 0.000000233. The van der Waals surface area contributed by atoms with E-state index in [1.54, 1.807) is 11.0 Å². The number of halogens is 3. The predicted molar refractivity (Wildman–Crippen MR) is 204 cm³/mol. The Morgan fingerprint density at radius 3 is 2.27 bits per heavy atom.